The highest BCUT2D eigenvalue weighted by Crippen LogP contribution is 2.50. The van der Waals surface area contributed by atoms with Gasteiger partial charge in [-0.05, 0) is 18.6 Å². The lowest BCUT2D eigenvalue weighted by Gasteiger charge is -2.45. The normalized spacial score (nSPS) is 27.0. The molecule has 0 saturated carbocycles. The topological polar surface area (TPSA) is 32.3 Å². The molecule has 4 rings (SSSR count). The van der Waals surface area contributed by atoms with Gasteiger partial charge in [0.25, 0.3) is 5.92 Å². The Hall–Kier alpha value is -1.60. The fraction of sp³-hybridized carbons (Fsp3) is 0.529. The number of hydrogen-bond donors (Lipinski definition) is 0. The molecule has 0 amide bonds. The Morgan fingerprint density at radius 1 is 1.17 bits per heavy atom. The average Bonchev–Trinajstić information content (AvgIpc) is 3.23. The molecule has 0 radical (unpaired) electrons. The van der Waals surface area contributed by atoms with Gasteiger partial charge in [-0.1, -0.05) is 0 Å². The minimum Gasteiger partial charge on any atom is -0.369 e. The third-order valence-corrected chi connectivity index (χ3v) is 6.02. The van der Waals surface area contributed by atoms with E-state index >= 15 is 0 Å². The van der Waals surface area contributed by atoms with Crippen LogP contribution < -0.4 is 4.90 Å². The van der Waals surface area contributed by atoms with Crippen molar-refractivity contribution in [2.75, 3.05) is 31.1 Å². The van der Waals surface area contributed by atoms with Crippen LogP contribution in [-0.4, -0.2) is 47.0 Å². The molecule has 0 aliphatic carbocycles. The van der Waals surface area contributed by atoms with Crippen LogP contribution in [0.15, 0.2) is 36.1 Å². The number of piperidine rings is 1. The number of hydrogen-bond acceptors (Lipinski definition) is 5. The lowest BCUT2D eigenvalue weighted by atomic mass is 9.75. The van der Waals surface area contributed by atoms with Crippen LogP contribution in [-0.2, 0) is 6.54 Å². The molecule has 0 N–H and O–H groups in total. The van der Waals surface area contributed by atoms with Crippen molar-refractivity contribution in [3.8, 4) is 0 Å². The summed E-state index contributed by atoms with van der Waals surface area (Å²) in [7, 11) is 0. The summed E-state index contributed by atoms with van der Waals surface area (Å²) in [5, 5.41) is 2.93. The summed E-state index contributed by atoms with van der Waals surface area (Å²) in [6.45, 7) is 2.58. The Morgan fingerprint density at radius 3 is 2.83 bits per heavy atom. The van der Waals surface area contributed by atoms with Gasteiger partial charge in [0.1, 0.15) is 5.01 Å². The summed E-state index contributed by atoms with van der Waals surface area (Å²) in [5.41, 5.74) is -0.0412. The number of rotatable bonds is 3. The molecule has 4 heterocycles. The number of likely N-dealkylation sites (tertiary alicyclic amines) is 1. The lowest BCUT2D eigenvalue weighted by Crippen LogP contribution is -2.56. The number of alkyl halides is 2. The highest BCUT2D eigenvalue weighted by atomic mass is 32.1. The Kier molecular flexibility index (Phi) is 4.00. The van der Waals surface area contributed by atoms with Crippen LogP contribution in [0.1, 0.15) is 17.8 Å². The molecule has 2 saturated heterocycles. The van der Waals surface area contributed by atoms with E-state index in [-0.39, 0.29) is 6.42 Å². The van der Waals surface area contributed by atoms with Gasteiger partial charge < -0.3 is 4.90 Å². The molecule has 2 aromatic rings. The van der Waals surface area contributed by atoms with Gasteiger partial charge in [0.2, 0.25) is 0 Å². The van der Waals surface area contributed by atoms with Crippen LogP contribution in [0.4, 0.5) is 14.5 Å². The highest BCUT2D eigenvalue weighted by Gasteiger charge is 2.59. The van der Waals surface area contributed by atoms with E-state index in [0.29, 0.717) is 39.1 Å². The van der Waals surface area contributed by atoms with Crippen molar-refractivity contribution in [2.24, 2.45) is 5.41 Å². The van der Waals surface area contributed by atoms with Crippen molar-refractivity contribution >= 4 is 17.0 Å². The second-order valence-corrected chi connectivity index (χ2v) is 7.73. The number of anilines is 1. The number of thiazole rings is 1. The van der Waals surface area contributed by atoms with Gasteiger partial charge in [-0.15, -0.1) is 11.3 Å². The van der Waals surface area contributed by atoms with Crippen molar-refractivity contribution in [3.63, 3.8) is 0 Å². The van der Waals surface area contributed by atoms with E-state index in [4.69, 9.17) is 0 Å². The smallest absolute Gasteiger partial charge is 0.257 e. The summed E-state index contributed by atoms with van der Waals surface area (Å²) in [4.78, 5) is 12.6. The minimum absolute atomic E-state index is 0.0702. The summed E-state index contributed by atoms with van der Waals surface area (Å²) in [6.07, 6.45) is 5.68. The summed E-state index contributed by atoms with van der Waals surface area (Å²) in [6, 6.07) is 3.80. The van der Waals surface area contributed by atoms with E-state index in [1.807, 2.05) is 22.4 Å². The molecular weight excluding hydrogens is 330 g/mol. The Bertz CT molecular complexity index is 679. The van der Waals surface area contributed by atoms with Crippen LogP contribution in [0, 0.1) is 5.41 Å². The van der Waals surface area contributed by atoms with E-state index in [1.165, 1.54) is 0 Å². The van der Waals surface area contributed by atoms with Crippen LogP contribution in [0.2, 0.25) is 0 Å². The van der Waals surface area contributed by atoms with Crippen LogP contribution >= 0.6 is 11.3 Å². The lowest BCUT2D eigenvalue weighted by molar-refractivity contribution is -0.158. The third kappa shape index (κ3) is 2.80. The van der Waals surface area contributed by atoms with E-state index in [9.17, 15) is 8.78 Å². The van der Waals surface area contributed by atoms with E-state index in [1.54, 1.807) is 29.9 Å². The fourth-order valence-electron chi connectivity index (χ4n) is 3.90. The van der Waals surface area contributed by atoms with Gasteiger partial charge in [0.05, 0.1) is 23.8 Å². The first-order valence-electron chi connectivity index (χ1n) is 8.22. The maximum absolute atomic E-state index is 14.8. The standard InChI is InChI=1S/C17H20F2N4S/c18-17(19)4-7-22(11-15-21-6-9-24-15)12-16(17)3-8-23(13-16)14-2-1-5-20-10-14/h1-2,5-6,9-10H,3-4,7-8,11-13H2/t16-/m0/s1. The Balaban J connectivity index is 1.53. The first-order valence-corrected chi connectivity index (χ1v) is 9.10. The molecule has 0 unspecified atom stereocenters. The van der Waals surface area contributed by atoms with Gasteiger partial charge in [-0.3, -0.25) is 9.88 Å². The van der Waals surface area contributed by atoms with Crippen molar-refractivity contribution in [1.82, 2.24) is 14.9 Å². The maximum atomic E-state index is 14.8. The molecular formula is C17H20F2N4S. The van der Waals surface area contributed by atoms with Crippen LogP contribution in [0.25, 0.3) is 0 Å². The predicted molar refractivity (Wildman–Crippen MR) is 90.5 cm³/mol. The second kappa shape index (κ2) is 6.04. The van der Waals surface area contributed by atoms with E-state index < -0.39 is 11.3 Å². The van der Waals surface area contributed by atoms with Gasteiger partial charge in [-0.25, -0.2) is 13.8 Å². The van der Waals surface area contributed by atoms with Crippen LogP contribution in [0.3, 0.4) is 0 Å². The predicted octanol–water partition coefficient (Wildman–Crippen LogP) is 3.28. The van der Waals surface area contributed by atoms with Crippen molar-refractivity contribution < 1.29 is 8.78 Å². The highest BCUT2D eigenvalue weighted by molar-refractivity contribution is 7.09. The van der Waals surface area contributed by atoms with E-state index in [2.05, 4.69) is 14.9 Å². The number of halogens is 2. The zero-order chi connectivity index (χ0) is 16.6. The molecule has 2 aliphatic rings. The third-order valence-electron chi connectivity index (χ3n) is 5.25. The maximum Gasteiger partial charge on any atom is 0.257 e. The molecule has 2 fully saturated rings. The van der Waals surface area contributed by atoms with Gasteiger partial charge >= 0.3 is 0 Å². The van der Waals surface area contributed by atoms with Crippen molar-refractivity contribution in [1.29, 1.82) is 0 Å². The molecule has 2 aromatic heterocycles. The zero-order valence-electron chi connectivity index (χ0n) is 13.4. The summed E-state index contributed by atoms with van der Waals surface area (Å²) >= 11 is 1.59. The summed E-state index contributed by atoms with van der Waals surface area (Å²) < 4.78 is 29.6. The number of pyridine rings is 1. The zero-order valence-corrected chi connectivity index (χ0v) is 14.2. The Labute approximate surface area is 144 Å². The van der Waals surface area contributed by atoms with Gasteiger partial charge in [-0.2, -0.15) is 0 Å². The fourth-order valence-corrected chi connectivity index (χ4v) is 4.56. The largest absolute Gasteiger partial charge is 0.369 e. The average molecular weight is 350 g/mol. The first kappa shape index (κ1) is 15.9. The molecule has 0 bridgehead atoms. The first-order chi connectivity index (χ1) is 11.6. The SMILES string of the molecule is FC1(F)CCN(Cc2nccs2)C[C@]12CCN(c1cccnc1)C2. The minimum atomic E-state index is -2.62. The van der Waals surface area contributed by atoms with Crippen molar-refractivity contribution in [2.45, 2.75) is 25.3 Å². The quantitative estimate of drug-likeness (QED) is 0.850. The number of aromatic nitrogens is 2. The van der Waals surface area contributed by atoms with Gasteiger partial charge in [0, 0.05) is 50.4 Å². The monoisotopic (exact) mass is 350 g/mol. The van der Waals surface area contributed by atoms with Crippen LogP contribution in [0.5, 0.6) is 0 Å². The molecule has 7 heteroatoms. The second-order valence-electron chi connectivity index (χ2n) is 6.75. The van der Waals surface area contributed by atoms with Crippen molar-refractivity contribution in [3.05, 3.63) is 41.1 Å². The molecule has 0 aromatic carbocycles. The molecule has 1 spiro atoms. The molecule has 24 heavy (non-hydrogen) atoms. The molecule has 2 aliphatic heterocycles. The van der Waals surface area contributed by atoms with Gasteiger partial charge in [0.15, 0.2) is 0 Å². The molecule has 1 atom stereocenters. The number of nitrogens with zero attached hydrogens (tertiary/aromatic N) is 4. The van der Waals surface area contributed by atoms with E-state index in [0.717, 1.165) is 10.7 Å². The molecule has 4 nitrogen and oxygen atoms in total. The Morgan fingerprint density at radius 2 is 2.08 bits per heavy atom. The molecule has 128 valence electrons. The summed E-state index contributed by atoms with van der Waals surface area (Å²) in [5.74, 6) is -2.62.